The average Bonchev–Trinajstić information content (AvgIpc) is 2.85. The standard InChI is InChI=1S/C10H12FN/c11-7-8-2-1-3-9(6-8)10(12)4-5-10/h1-3,6H,4-5,7,12H2. The largest absolute Gasteiger partial charge is 0.321 e. The highest BCUT2D eigenvalue weighted by Gasteiger charge is 2.39. The van der Waals surface area contributed by atoms with E-state index in [1.807, 2.05) is 18.2 Å². The zero-order valence-corrected chi connectivity index (χ0v) is 6.89. The summed E-state index contributed by atoms with van der Waals surface area (Å²) < 4.78 is 12.3. The van der Waals surface area contributed by atoms with Gasteiger partial charge in [0.1, 0.15) is 6.67 Å². The van der Waals surface area contributed by atoms with Crippen LogP contribution < -0.4 is 5.73 Å². The Morgan fingerprint density at radius 3 is 2.75 bits per heavy atom. The Labute approximate surface area is 71.4 Å². The van der Waals surface area contributed by atoms with Crippen molar-refractivity contribution in [3.05, 3.63) is 35.4 Å². The molecule has 0 heterocycles. The lowest BCUT2D eigenvalue weighted by atomic mass is 10.0. The molecule has 1 aliphatic carbocycles. The molecule has 1 aliphatic rings. The molecular weight excluding hydrogens is 153 g/mol. The van der Waals surface area contributed by atoms with Gasteiger partial charge >= 0.3 is 0 Å². The third kappa shape index (κ3) is 1.23. The van der Waals surface area contributed by atoms with Gasteiger partial charge in [-0.05, 0) is 24.0 Å². The second kappa shape index (κ2) is 2.56. The lowest BCUT2D eigenvalue weighted by Crippen LogP contribution is -2.18. The van der Waals surface area contributed by atoms with Gasteiger partial charge in [-0.2, -0.15) is 0 Å². The van der Waals surface area contributed by atoms with Crippen LogP contribution in [-0.2, 0) is 12.2 Å². The lowest BCUT2D eigenvalue weighted by molar-refractivity contribution is 0.484. The van der Waals surface area contributed by atoms with E-state index in [4.69, 9.17) is 5.73 Å². The van der Waals surface area contributed by atoms with Crippen LogP contribution in [0, 0.1) is 0 Å². The van der Waals surface area contributed by atoms with Gasteiger partial charge in [-0.15, -0.1) is 0 Å². The summed E-state index contributed by atoms with van der Waals surface area (Å²) in [5.74, 6) is 0. The molecule has 2 rings (SSSR count). The molecule has 0 unspecified atom stereocenters. The van der Waals surface area contributed by atoms with Crippen molar-refractivity contribution in [1.82, 2.24) is 0 Å². The first-order chi connectivity index (χ1) is 5.74. The molecule has 1 fully saturated rings. The fourth-order valence-corrected chi connectivity index (χ4v) is 1.39. The minimum absolute atomic E-state index is 0.134. The van der Waals surface area contributed by atoms with E-state index in [0.29, 0.717) is 0 Å². The maximum atomic E-state index is 12.3. The number of rotatable bonds is 2. The van der Waals surface area contributed by atoms with Gasteiger partial charge in [0.05, 0.1) is 0 Å². The Bertz CT molecular complexity index is 292. The Kier molecular flexibility index (Phi) is 1.65. The molecule has 2 N–H and O–H groups in total. The maximum absolute atomic E-state index is 12.3. The Hall–Kier alpha value is -0.890. The Balaban J connectivity index is 2.32. The van der Waals surface area contributed by atoms with Crippen molar-refractivity contribution in [2.75, 3.05) is 0 Å². The molecule has 0 atom stereocenters. The topological polar surface area (TPSA) is 26.0 Å². The number of hydrogen-bond donors (Lipinski definition) is 1. The summed E-state index contributed by atoms with van der Waals surface area (Å²) in [7, 11) is 0. The molecule has 0 radical (unpaired) electrons. The predicted octanol–water partition coefficient (Wildman–Crippen LogP) is 2.10. The van der Waals surface area contributed by atoms with Crippen LogP contribution in [0.4, 0.5) is 4.39 Å². The summed E-state index contributed by atoms with van der Waals surface area (Å²) in [5, 5.41) is 0. The number of benzene rings is 1. The molecule has 2 heteroatoms. The minimum atomic E-state index is -0.399. The summed E-state index contributed by atoms with van der Waals surface area (Å²) in [6, 6.07) is 7.51. The van der Waals surface area contributed by atoms with Crippen LogP contribution >= 0.6 is 0 Å². The number of hydrogen-bond acceptors (Lipinski definition) is 1. The van der Waals surface area contributed by atoms with Gasteiger partial charge in [0.25, 0.3) is 0 Å². The van der Waals surface area contributed by atoms with Crippen molar-refractivity contribution in [1.29, 1.82) is 0 Å². The highest BCUT2D eigenvalue weighted by atomic mass is 19.1. The van der Waals surface area contributed by atoms with E-state index in [9.17, 15) is 4.39 Å². The van der Waals surface area contributed by atoms with Crippen molar-refractivity contribution in [2.45, 2.75) is 25.1 Å². The average molecular weight is 165 g/mol. The number of alkyl halides is 1. The zero-order chi connectivity index (χ0) is 8.60. The molecule has 12 heavy (non-hydrogen) atoms. The first-order valence-electron chi connectivity index (χ1n) is 4.19. The fraction of sp³-hybridized carbons (Fsp3) is 0.400. The van der Waals surface area contributed by atoms with Gasteiger partial charge in [0.2, 0.25) is 0 Å². The highest BCUT2D eigenvalue weighted by molar-refractivity contribution is 5.32. The zero-order valence-electron chi connectivity index (χ0n) is 6.89. The van der Waals surface area contributed by atoms with E-state index in [0.717, 1.165) is 24.0 Å². The fourth-order valence-electron chi connectivity index (χ4n) is 1.39. The minimum Gasteiger partial charge on any atom is -0.321 e. The third-order valence-electron chi connectivity index (χ3n) is 2.44. The summed E-state index contributed by atoms with van der Waals surface area (Å²) in [6.07, 6.45) is 2.06. The van der Waals surface area contributed by atoms with Crippen molar-refractivity contribution < 1.29 is 4.39 Å². The molecule has 64 valence electrons. The van der Waals surface area contributed by atoms with E-state index >= 15 is 0 Å². The highest BCUT2D eigenvalue weighted by Crippen LogP contribution is 2.42. The van der Waals surface area contributed by atoms with E-state index in [-0.39, 0.29) is 5.54 Å². The van der Waals surface area contributed by atoms with Crippen LogP contribution in [0.25, 0.3) is 0 Å². The molecule has 0 amide bonds. The van der Waals surface area contributed by atoms with Crippen LogP contribution in [0.5, 0.6) is 0 Å². The van der Waals surface area contributed by atoms with Crippen molar-refractivity contribution in [3.8, 4) is 0 Å². The normalized spacial score (nSPS) is 19.2. The third-order valence-corrected chi connectivity index (χ3v) is 2.44. The van der Waals surface area contributed by atoms with Crippen LogP contribution in [0.15, 0.2) is 24.3 Å². The van der Waals surface area contributed by atoms with Crippen molar-refractivity contribution in [2.24, 2.45) is 5.73 Å². The van der Waals surface area contributed by atoms with Gasteiger partial charge in [-0.25, -0.2) is 4.39 Å². The summed E-state index contributed by atoms with van der Waals surface area (Å²) in [6.45, 7) is -0.399. The smallest absolute Gasteiger partial charge is 0.115 e. The Morgan fingerprint density at radius 1 is 1.42 bits per heavy atom. The molecule has 1 saturated carbocycles. The summed E-state index contributed by atoms with van der Waals surface area (Å²) in [4.78, 5) is 0. The SMILES string of the molecule is NC1(c2cccc(CF)c2)CC1. The van der Waals surface area contributed by atoms with Crippen molar-refractivity contribution in [3.63, 3.8) is 0 Å². The van der Waals surface area contributed by atoms with Crippen molar-refractivity contribution >= 4 is 0 Å². The molecule has 1 nitrogen and oxygen atoms in total. The van der Waals surface area contributed by atoms with Gasteiger partial charge in [-0.3, -0.25) is 0 Å². The van der Waals surface area contributed by atoms with Crippen LogP contribution in [0.1, 0.15) is 24.0 Å². The van der Waals surface area contributed by atoms with Crippen LogP contribution in [0.2, 0.25) is 0 Å². The van der Waals surface area contributed by atoms with Crippen LogP contribution in [-0.4, -0.2) is 0 Å². The summed E-state index contributed by atoms with van der Waals surface area (Å²) in [5.41, 5.74) is 7.64. The number of halogens is 1. The molecule has 0 spiro atoms. The summed E-state index contributed by atoms with van der Waals surface area (Å²) >= 11 is 0. The molecule has 0 bridgehead atoms. The second-order valence-corrected chi connectivity index (χ2v) is 3.49. The van der Waals surface area contributed by atoms with E-state index in [1.165, 1.54) is 0 Å². The number of nitrogens with two attached hydrogens (primary N) is 1. The monoisotopic (exact) mass is 165 g/mol. The lowest BCUT2D eigenvalue weighted by Gasteiger charge is -2.09. The van der Waals surface area contributed by atoms with Gasteiger partial charge < -0.3 is 5.73 Å². The molecular formula is C10H12FN. The first-order valence-corrected chi connectivity index (χ1v) is 4.19. The van der Waals surface area contributed by atoms with Crippen LogP contribution in [0.3, 0.4) is 0 Å². The molecule has 0 aromatic heterocycles. The van der Waals surface area contributed by atoms with Gasteiger partial charge in [-0.1, -0.05) is 24.3 Å². The maximum Gasteiger partial charge on any atom is 0.115 e. The predicted molar refractivity (Wildman–Crippen MR) is 46.4 cm³/mol. The van der Waals surface area contributed by atoms with E-state index in [1.54, 1.807) is 6.07 Å². The molecule has 0 saturated heterocycles. The molecule has 1 aromatic carbocycles. The first kappa shape index (κ1) is 7.74. The Morgan fingerprint density at radius 2 is 2.17 bits per heavy atom. The van der Waals surface area contributed by atoms with Gasteiger partial charge in [0, 0.05) is 5.54 Å². The van der Waals surface area contributed by atoms with Gasteiger partial charge in [0.15, 0.2) is 0 Å². The quantitative estimate of drug-likeness (QED) is 0.713. The molecule has 1 aromatic rings. The second-order valence-electron chi connectivity index (χ2n) is 3.49. The van der Waals surface area contributed by atoms with E-state index < -0.39 is 6.67 Å². The van der Waals surface area contributed by atoms with E-state index in [2.05, 4.69) is 0 Å². The molecule has 0 aliphatic heterocycles.